The molecule has 0 N–H and O–H groups in total. The Hall–Kier alpha value is -6.52. The van der Waals surface area contributed by atoms with E-state index in [0.29, 0.717) is 24.1 Å². The van der Waals surface area contributed by atoms with Crippen molar-refractivity contribution in [2.45, 2.75) is 126 Å². The van der Waals surface area contributed by atoms with E-state index in [-0.39, 0.29) is 5.92 Å². The van der Waals surface area contributed by atoms with Gasteiger partial charge in [0, 0.05) is 29.5 Å². The van der Waals surface area contributed by atoms with Gasteiger partial charge in [0.25, 0.3) is 0 Å². The van der Waals surface area contributed by atoms with Crippen LogP contribution in [-0.4, -0.2) is 24.6 Å². The smallest absolute Gasteiger partial charge is 0.160 e. The quantitative estimate of drug-likeness (QED) is 0.0561. The van der Waals surface area contributed by atoms with E-state index in [0.717, 1.165) is 73.6 Å². The largest absolute Gasteiger partial charge is 0.265 e. The molecular weight excluding hydrogens is 825 g/mol. The maximum Gasteiger partial charge on any atom is 0.160 e. The summed E-state index contributed by atoms with van der Waals surface area (Å²) in [5.74, 6) is 1.95. The summed E-state index contributed by atoms with van der Waals surface area (Å²) in [7, 11) is 0. The lowest BCUT2D eigenvalue weighted by atomic mass is 9.73. The van der Waals surface area contributed by atoms with Crippen LogP contribution in [0, 0.1) is 12.8 Å². The molecule has 6 rings (SSSR count). The summed E-state index contributed by atoms with van der Waals surface area (Å²) < 4.78 is 0. The van der Waals surface area contributed by atoms with E-state index in [9.17, 15) is 0 Å². The first-order valence-electron chi connectivity index (χ1n) is 25.3. The number of amidine groups is 2. The fraction of sp³-hybridized carbons (Fsp3) is 0.312. The molecule has 354 valence electrons. The van der Waals surface area contributed by atoms with Crippen molar-refractivity contribution in [1.82, 2.24) is 0 Å². The van der Waals surface area contributed by atoms with E-state index in [2.05, 4.69) is 196 Å². The second-order valence-corrected chi connectivity index (χ2v) is 16.6. The van der Waals surface area contributed by atoms with Gasteiger partial charge in [0.05, 0.1) is 6.54 Å². The zero-order chi connectivity index (χ0) is 48.9. The molecule has 2 unspecified atom stereocenters. The van der Waals surface area contributed by atoms with E-state index in [1.165, 1.54) is 44.5 Å². The summed E-state index contributed by atoms with van der Waals surface area (Å²) in [4.78, 5) is 19.6. The Balaban J connectivity index is 0.00000245. The van der Waals surface area contributed by atoms with Gasteiger partial charge in [-0.1, -0.05) is 193 Å². The average Bonchev–Trinajstić information content (AvgIpc) is 3.85. The van der Waals surface area contributed by atoms with Crippen molar-refractivity contribution in [1.29, 1.82) is 0 Å². The van der Waals surface area contributed by atoms with Crippen LogP contribution in [0.25, 0.3) is 16.7 Å². The standard InChI is InChI=1S/C60H66N4.2C2H6/c1-7-10-12-16-25-45(4)51-29-22-31-53(42-51)59(61-6)64-60(54-32-23-30-52(43-54)49-27-18-14-15-19-28-49)63-44-47-37-36-46(5)57(41-47)55-34-20-21-35-56(55)58(50-33-24-39-62-40-38-50)48(9-3)26-17-13-11-8-2;2*1-2/h7,10-16,18-21,23-25,27,30-32,34-43,48,58H,6,8-9,17,22,26,28-29,33,44H2,1-5H3;2*1-2H3/b10-7-,13-11-,16-12-,45-25+,63-60?,64-59?;;. The molecule has 2 aliphatic carbocycles. The normalized spacial score (nSPS) is 16.2. The van der Waals surface area contributed by atoms with Crippen molar-refractivity contribution in [2.75, 3.05) is 0 Å². The molecule has 0 spiro atoms. The first-order chi connectivity index (χ1) is 33.4. The van der Waals surface area contributed by atoms with Gasteiger partial charge in [-0.2, -0.15) is 0 Å². The number of allylic oxidation sites excluding steroid dienone is 19. The lowest BCUT2D eigenvalue weighted by Crippen LogP contribution is -2.16. The number of benzene rings is 3. The Morgan fingerprint density at radius 1 is 0.838 bits per heavy atom. The minimum Gasteiger partial charge on any atom is -0.265 e. The SMILES string of the molecule is C=NC(=NC(=NCc1ccc(C)c(-c2ccccc2C(C2=CC=NC=CC2)C(CC)CC/C=C\CC)c1)c1cccc(C2=CC=CC=CC2)c1)C1=CCCC(/C(C)=C/C=C\C=C/C)=C1.CC.CC. The molecule has 2 atom stereocenters. The molecule has 0 saturated carbocycles. The summed E-state index contributed by atoms with van der Waals surface area (Å²) in [5.41, 5.74) is 14.5. The van der Waals surface area contributed by atoms with Crippen LogP contribution in [0.4, 0.5) is 0 Å². The van der Waals surface area contributed by atoms with Gasteiger partial charge in [-0.15, -0.1) is 0 Å². The Bertz CT molecular complexity index is 2550. The van der Waals surface area contributed by atoms with Crippen molar-refractivity contribution in [3.05, 3.63) is 220 Å². The third-order valence-electron chi connectivity index (χ3n) is 12.2. The van der Waals surface area contributed by atoms with E-state index >= 15 is 0 Å². The molecule has 0 fully saturated rings. The van der Waals surface area contributed by atoms with Crippen molar-refractivity contribution in [3.63, 3.8) is 0 Å². The van der Waals surface area contributed by atoms with Gasteiger partial charge in [-0.25, -0.2) is 9.98 Å². The first kappa shape index (κ1) is 54.1. The lowest BCUT2D eigenvalue weighted by Gasteiger charge is -2.31. The van der Waals surface area contributed by atoms with Crippen LogP contribution in [-0.2, 0) is 6.54 Å². The monoisotopic (exact) mass is 903 g/mol. The zero-order valence-electron chi connectivity index (χ0n) is 42.8. The lowest BCUT2D eigenvalue weighted by molar-refractivity contribution is 0.416. The molecule has 4 nitrogen and oxygen atoms in total. The van der Waals surface area contributed by atoms with Gasteiger partial charge in [-0.3, -0.25) is 9.98 Å². The van der Waals surface area contributed by atoms with E-state index in [4.69, 9.17) is 9.98 Å². The second-order valence-electron chi connectivity index (χ2n) is 16.6. The van der Waals surface area contributed by atoms with Crippen molar-refractivity contribution < 1.29 is 0 Å². The highest BCUT2D eigenvalue weighted by Crippen LogP contribution is 2.43. The maximum absolute atomic E-state index is 5.34. The molecule has 0 radical (unpaired) electrons. The van der Waals surface area contributed by atoms with Crippen LogP contribution in [0.15, 0.2) is 212 Å². The highest BCUT2D eigenvalue weighted by Gasteiger charge is 2.28. The van der Waals surface area contributed by atoms with E-state index in [1.54, 1.807) is 0 Å². The minimum atomic E-state index is 0.261. The average molecular weight is 903 g/mol. The predicted molar refractivity (Wildman–Crippen MR) is 302 cm³/mol. The van der Waals surface area contributed by atoms with Crippen LogP contribution < -0.4 is 0 Å². The van der Waals surface area contributed by atoms with Crippen LogP contribution in [0.3, 0.4) is 0 Å². The van der Waals surface area contributed by atoms with Crippen LogP contribution in [0.2, 0.25) is 0 Å². The van der Waals surface area contributed by atoms with Crippen molar-refractivity contribution >= 4 is 30.2 Å². The highest BCUT2D eigenvalue weighted by molar-refractivity contribution is 6.14. The molecule has 68 heavy (non-hydrogen) atoms. The highest BCUT2D eigenvalue weighted by atomic mass is 15.0. The number of aryl methyl sites for hydroxylation is 1. The Labute approximate surface area is 411 Å². The molecular formula is C64H78N4. The van der Waals surface area contributed by atoms with Gasteiger partial charge in [0.15, 0.2) is 11.7 Å². The minimum absolute atomic E-state index is 0.261. The topological polar surface area (TPSA) is 49.4 Å². The van der Waals surface area contributed by atoms with Gasteiger partial charge >= 0.3 is 0 Å². The van der Waals surface area contributed by atoms with Crippen LogP contribution in [0.5, 0.6) is 0 Å². The Morgan fingerprint density at radius 3 is 2.47 bits per heavy atom. The molecule has 1 aliphatic heterocycles. The third kappa shape index (κ3) is 16.1. The molecule has 1 heterocycles. The molecule has 3 aliphatic rings. The number of rotatable bonds is 17. The summed E-state index contributed by atoms with van der Waals surface area (Å²) in [6, 6.07) is 24.5. The van der Waals surface area contributed by atoms with Crippen LogP contribution >= 0.6 is 0 Å². The molecule has 4 heteroatoms. The Morgan fingerprint density at radius 2 is 1.68 bits per heavy atom. The number of hydrogen-bond donors (Lipinski definition) is 0. The maximum atomic E-state index is 5.34. The fourth-order valence-electron chi connectivity index (χ4n) is 8.72. The van der Waals surface area contributed by atoms with Crippen LogP contribution in [0.1, 0.15) is 140 Å². The zero-order valence-corrected chi connectivity index (χ0v) is 42.8. The number of aliphatic imine (C=N–C) groups is 4. The predicted octanol–water partition coefficient (Wildman–Crippen LogP) is 18.2. The summed E-state index contributed by atoms with van der Waals surface area (Å²) in [6.07, 6.45) is 46.5. The van der Waals surface area contributed by atoms with Gasteiger partial charge in [0.2, 0.25) is 0 Å². The van der Waals surface area contributed by atoms with Gasteiger partial charge < -0.3 is 0 Å². The molecule has 0 aromatic heterocycles. The van der Waals surface area contributed by atoms with Crippen molar-refractivity contribution in [3.8, 4) is 11.1 Å². The summed E-state index contributed by atoms with van der Waals surface area (Å²) in [5, 5.41) is 0. The summed E-state index contributed by atoms with van der Waals surface area (Å²) in [6.45, 7) is 23.5. The molecule has 0 bridgehead atoms. The van der Waals surface area contributed by atoms with Gasteiger partial charge in [0.1, 0.15) is 0 Å². The molecule has 3 aromatic carbocycles. The number of hydrogen-bond acceptors (Lipinski definition) is 2. The molecule has 0 amide bonds. The fourth-order valence-corrected chi connectivity index (χ4v) is 8.72. The summed E-state index contributed by atoms with van der Waals surface area (Å²) >= 11 is 0. The third-order valence-corrected chi connectivity index (χ3v) is 12.2. The second kappa shape index (κ2) is 30.7. The molecule has 3 aromatic rings. The Kier molecular flexibility index (Phi) is 24.4. The first-order valence-corrected chi connectivity index (χ1v) is 25.3. The van der Waals surface area contributed by atoms with Gasteiger partial charge in [-0.05, 0) is 153 Å². The number of nitrogens with zero attached hydrogens (tertiary/aromatic N) is 4. The molecule has 0 saturated heterocycles. The van der Waals surface area contributed by atoms with E-state index < -0.39 is 0 Å². The van der Waals surface area contributed by atoms with Crippen molar-refractivity contribution in [2.24, 2.45) is 25.9 Å². The van der Waals surface area contributed by atoms with E-state index in [1.807, 2.05) is 59.2 Å².